The second-order valence-corrected chi connectivity index (χ2v) is 10.0. The molecule has 0 unspecified atom stereocenters. The summed E-state index contributed by atoms with van der Waals surface area (Å²) in [5, 5.41) is 0. The molecule has 0 aliphatic heterocycles. The summed E-state index contributed by atoms with van der Waals surface area (Å²) >= 11 is 0. The minimum Gasteiger partial charge on any atom is -0.330 e. The van der Waals surface area contributed by atoms with Crippen molar-refractivity contribution in [2.24, 2.45) is 17.2 Å². The van der Waals surface area contributed by atoms with E-state index < -0.39 is 8.07 Å². The molecule has 0 heterocycles. The molecule has 0 saturated carbocycles. The fourth-order valence-corrected chi connectivity index (χ4v) is 5.51. The van der Waals surface area contributed by atoms with Gasteiger partial charge in [-0.1, -0.05) is 19.1 Å². The average molecular weight is 217 g/mol. The molecule has 14 heavy (non-hydrogen) atoms. The number of rotatable bonds is 8. The van der Waals surface area contributed by atoms with Crippen LogP contribution in [0.5, 0.6) is 0 Å². The maximum atomic E-state index is 5.64. The molecule has 0 spiro atoms. The predicted molar refractivity (Wildman–Crippen MR) is 67.1 cm³/mol. The highest BCUT2D eigenvalue weighted by molar-refractivity contribution is 6.78. The van der Waals surface area contributed by atoms with Crippen LogP contribution in [-0.4, -0.2) is 27.7 Å². The van der Waals surface area contributed by atoms with Crippen LogP contribution in [0, 0.1) is 0 Å². The smallest absolute Gasteiger partial charge is 0.0506 e. The van der Waals surface area contributed by atoms with Crippen LogP contribution >= 0.6 is 0 Å². The van der Waals surface area contributed by atoms with Crippen LogP contribution in [0.4, 0.5) is 0 Å². The lowest BCUT2D eigenvalue weighted by Gasteiger charge is -2.32. The summed E-state index contributed by atoms with van der Waals surface area (Å²) in [5.41, 5.74) is 17.6. The zero-order chi connectivity index (χ0) is 11.0. The Morgan fingerprint density at radius 1 is 0.929 bits per heavy atom. The average Bonchev–Trinajstić information content (AvgIpc) is 2.14. The Hall–Kier alpha value is 0.0969. The first-order chi connectivity index (χ1) is 6.58. The number of hydrogen-bond acceptors (Lipinski definition) is 3. The summed E-state index contributed by atoms with van der Waals surface area (Å²) in [4.78, 5) is 0. The second kappa shape index (κ2) is 7.40. The van der Waals surface area contributed by atoms with Gasteiger partial charge in [-0.15, -0.1) is 0 Å². The van der Waals surface area contributed by atoms with Gasteiger partial charge in [-0.2, -0.15) is 0 Å². The van der Waals surface area contributed by atoms with Gasteiger partial charge in [0.15, 0.2) is 0 Å². The maximum Gasteiger partial charge on any atom is 0.0506 e. The van der Waals surface area contributed by atoms with Crippen molar-refractivity contribution in [3.63, 3.8) is 0 Å². The molecule has 3 nitrogen and oxygen atoms in total. The van der Waals surface area contributed by atoms with Crippen LogP contribution in [-0.2, 0) is 0 Å². The molecule has 0 saturated heterocycles. The molecule has 0 aromatic rings. The largest absolute Gasteiger partial charge is 0.330 e. The van der Waals surface area contributed by atoms with Gasteiger partial charge in [-0.05, 0) is 44.4 Å². The van der Waals surface area contributed by atoms with E-state index in [1.165, 1.54) is 6.04 Å². The Kier molecular flexibility index (Phi) is 7.45. The number of hydrogen-bond donors (Lipinski definition) is 3. The van der Waals surface area contributed by atoms with Crippen molar-refractivity contribution in [3.05, 3.63) is 0 Å². The molecule has 0 rings (SSSR count). The first kappa shape index (κ1) is 14.1. The zero-order valence-electron chi connectivity index (χ0n) is 9.76. The van der Waals surface area contributed by atoms with Crippen molar-refractivity contribution >= 4 is 8.07 Å². The van der Waals surface area contributed by atoms with E-state index in [1.54, 1.807) is 0 Å². The third-order valence-electron chi connectivity index (χ3n) is 3.16. The molecule has 0 aromatic heterocycles. The summed E-state index contributed by atoms with van der Waals surface area (Å²) < 4.78 is 0. The molecule has 0 aromatic carbocycles. The molecule has 86 valence electrons. The quantitative estimate of drug-likeness (QED) is 0.533. The fraction of sp³-hybridized carbons (Fsp3) is 1.00. The van der Waals surface area contributed by atoms with E-state index in [0.717, 1.165) is 44.4 Å². The van der Waals surface area contributed by atoms with Gasteiger partial charge in [-0.3, -0.25) is 0 Å². The Labute approximate surface area is 89.4 Å². The van der Waals surface area contributed by atoms with Gasteiger partial charge in [-0.25, -0.2) is 0 Å². The fourth-order valence-electron chi connectivity index (χ4n) is 2.09. The van der Waals surface area contributed by atoms with Crippen LogP contribution in [0.15, 0.2) is 0 Å². The second-order valence-electron chi connectivity index (χ2n) is 4.73. The van der Waals surface area contributed by atoms with Gasteiger partial charge in [0.1, 0.15) is 0 Å². The van der Waals surface area contributed by atoms with Crippen molar-refractivity contribution in [2.45, 2.75) is 43.9 Å². The summed E-state index contributed by atoms with van der Waals surface area (Å²) in [7, 11) is -1.14. The first-order valence-electron chi connectivity index (χ1n) is 5.68. The summed E-state index contributed by atoms with van der Waals surface area (Å²) in [6.07, 6.45) is 3.44. The third-order valence-corrected chi connectivity index (χ3v) is 7.59. The molecule has 0 amide bonds. The molecular weight excluding hydrogens is 190 g/mol. The van der Waals surface area contributed by atoms with Gasteiger partial charge >= 0.3 is 0 Å². The monoisotopic (exact) mass is 217 g/mol. The van der Waals surface area contributed by atoms with E-state index in [9.17, 15) is 0 Å². The summed E-state index contributed by atoms with van der Waals surface area (Å²) in [6.45, 7) is 7.29. The predicted octanol–water partition coefficient (Wildman–Crippen LogP) is 1.11. The minimum atomic E-state index is -1.14. The van der Waals surface area contributed by atoms with Gasteiger partial charge in [0, 0.05) is 0 Å². The molecule has 0 aliphatic carbocycles. The lowest BCUT2D eigenvalue weighted by atomic mass is 10.2. The third kappa shape index (κ3) is 5.10. The van der Waals surface area contributed by atoms with Crippen molar-refractivity contribution in [3.8, 4) is 0 Å². The molecule has 0 aliphatic rings. The Morgan fingerprint density at radius 3 is 1.79 bits per heavy atom. The first-order valence-corrected chi connectivity index (χ1v) is 8.97. The van der Waals surface area contributed by atoms with E-state index in [2.05, 4.69) is 13.1 Å². The molecule has 6 N–H and O–H groups in total. The van der Waals surface area contributed by atoms with Gasteiger partial charge < -0.3 is 17.2 Å². The Bertz CT molecular complexity index is 133. The highest BCUT2D eigenvalue weighted by Crippen LogP contribution is 2.32. The van der Waals surface area contributed by atoms with Crippen molar-refractivity contribution in [1.29, 1.82) is 0 Å². The van der Waals surface area contributed by atoms with Gasteiger partial charge in [0.2, 0.25) is 0 Å². The summed E-state index contributed by atoms with van der Waals surface area (Å²) in [5.74, 6) is 0. The standard InChI is InChI=1S/C10H27N3Si/c1-14(2,9-3-6-11)10(4-7-12)5-8-13/h10H,3-9,11-13H2,1-2H3. The Morgan fingerprint density at radius 2 is 1.43 bits per heavy atom. The molecule has 4 heteroatoms. The zero-order valence-corrected chi connectivity index (χ0v) is 10.8. The van der Waals surface area contributed by atoms with Crippen LogP contribution < -0.4 is 17.2 Å². The molecule has 0 atom stereocenters. The van der Waals surface area contributed by atoms with Crippen molar-refractivity contribution in [1.82, 2.24) is 0 Å². The van der Waals surface area contributed by atoms with Crippen LogP contribution in [0.2, 0.25) is 24.7 Å². The van der Waals surface area contributed by atoms with E-state index in [4.69, 9.17) is 17.2 Å². The maximum absolute atomic E-state index is 5.64. The molecule has 0 fully saturated rings. The van der Waals surface area contributed by atoms with Gasteiger partial charge in [0.05, 0.1) is 8.07 Å². The van der Waals surface area contributed by atoms with E-state index in [-0.39, 0.29) is 0 Å². The molecule has 0 bridgehead atoms. The molecule has 0 radical (unpaired) electrons. The van der Waals surface area contributed by atoms with E-state index in [1.807, 2.05) is 0 Å². The summed E-state index contributed by atoms with van der Waals surface area (Å²) in [6, 6.07) is 1.31. The van der Waals surface area contributed by atoms with Crippen LogP contribution in [0.3, 0.4) is 0 Å². The number of nitrogens with two attached hydrogens (primary N) is 3. The topological polar surface area (TPSA) is 78.1 Å². The Balaban J connectivity index is 4.13. The lowest BCUT2D eigenvalue weighted by molar-refractivity contribution is 0.662. The van der Waals surface area contributed by atoms with Crippen LogP contribution in [0.1, 0.15) is 19.3 Å². The van der Waals surface area contributed by atoms with E-state index >= 15 is 0 Å². The highest BCUT2D eigenvalue weighted by Gasteiger charge is 2.29. The lowest BCUT2D eigenvalue weighted by Crippen LogP contribution is -2.35. The van der Waals surface area contributed by atoms with Crippen molar-refractivity contribution in [2.75, 3.05) is 19.6 Å². The highest BCUT2D eigenvalue weighted by atomic mass is 28.3. The van der Waals surface area contributed by atoms with E-state index in [0.29, 0.717) is 0 Å². The van der Waals surface area contributed by atoms with Gasteiger partial charge in [0.25, 0.3) is 0 Å². The van der Waals surface area contributed by atoms with Crippen LogP contribution in [0.25, 0.3) is 0 Å². The SMILES string of the molecule is C[Si](C)(CCCN)C(CCN)CCN. The minimum absolute atomic E-state index is 0.782. The normalized spacial score (nSPS) is 12.4. The van der Waals surface area contributed by atoms with Crippen molar-refractivity contribution < 1.29 is 0 Å². The molecular formula is C10H27N3Si.